The molecule has 142 valence electrons. The Morgan fingerprint density at radius 3 is 2.41 bits per heavy atom. The summed E-state index contributed by atoms with van der Waals surface area (Å²) < 4.78 is 10.5. The van der Waals surface area contributed by atoms with Crippen LogP contribution in [0.2, 0.25) is 10.0 Å². The number of hydrogen-bond acceptors (Lipinski definition) is 5. The molecule has 2 aromatic rings. The molecule has 0 aliphatic rings. The molecule has 0 aliphatic carbocycles. The van der Waals surface area contributed by atoms with Gasteiger partial charge in [-0.25, -0.2) is 9.59 Å². The zero-order chi connectivity index (χ0) is 19.8. The Morgan fingerprint density at radius 2 is 1.78 bits per heavy atom. The molecule has 2 aromatic carbocycles. The van der Waals surface area contributed by atoms with E-state index in [2.05, 4.69) is 10.6 Å². The highest BCUT2D eigenvalue weighted by molar-refractivity contribution is 6.35. The molecule has 9 heteroatoms. The van der Waals surface area contributed by atoms with E-state index < -0.39 is 30.6 Å². The second-order valence-corrected chi connectivity index (χ2v) is 6.06. The molecule has 0 bridgehead atoms. The highest BCUT2D eigenvalue weighted by Crippen LogP contribution is 2.27. The lowest BCUT2D eigenvalue weighted by Gasteiger charge is -2.17. The minimum atomic E-state index is -1.32. The van der Waals surface area contributed by atoms with Gasteiger partial charge in [0.05, 0.1) is 5.02 Å². The Hall–Kier alpha value is -2.77. The first kappa shape index (κ1) is 20.5. The largest absolute Gasteiger partial charge is 0.480 e. The lowest BCUT2D eigenvalue weighted by atomic mass is 10.1. The number of carbonyl (C=O) groups excluding carboxylic acids is 3. The second kappa shape index (κ2) is 9.80. The fraction of sp³-hybridized carbons (Fsp3) is 0.167. The van der Waals surface area contributed by atoms with E-state index in [0.717, 1.165) is 0 Å². The molecule has 0 heterocycles. The van der Waals surface area contributed by atoms with E-state index in [0.29, 0.717) is 10.6 Å². The zero-order valence-electron chi connectivity index (χ0n) is 14.2. The highest BCUT2D eigenvalue weighted by atomic mass is 35.5. The summed E-state index contributed by atoms with van der Waals surface area (Å²) in [6, 6.07) is 12.1. The smallest absolute Gasteiger partial charge is 0.345 e. The fourth-order valence-corrected chi connectivity index (χ4v) is 2.50. The van der Waals surface area contributed by atoms with Crippen molar-refractivity contribution in [2.75, 3.05) is 13.7 Å². The van der Waals surface area contributed by atoms with Gasteiger partial charge in [0.25, 0.3) is 5.91 Å². The molecular formula is C18H16Cl2N2O5. The number of benzene rings is 2. The number of imide groups is 1. The predicted octanol–water partition coefficient (Wildman–Crippen LogP) is 3.11. The first-order chi connectivity index (χ1) is 12.9. The van der Waals surface area contributed by atoms with Crippen LogP contribution in [0.15, 0.2) is 48.5 Å². The van der Waals surface area contributed by atoms with Gasteiger partial charge in [-0.2, -0.15) is 0 Å². The van der Waals surface area contributed by atoms with E-state index in [9.17, 15) is 14.4 Å². The van der Waals surface area contributed by atoms with Gasteiger partial charge in [-0.3, -0.25) is 10.1 Å². The number of hydrogen-bond donors (Lipinski definition) is 2. The summed E-state index contributed by atoms with van der Waals surface area (Å²) in [7, 11) is 1.36. The third kappa shape index (κ3) is 6.16. The average Bonchev–Trinajstić information content (AvgIpc) is 2.65. The number of amides is 3. The summed E-state index contributed by atoms with van der Waals surface area (Å²) in [5, 5.41) is 4.98. The number of carbonyl (C=O) groups is 3. The molecule has 0 aliphatic heterocycles. The third-order valence-electron chi connectivity index (χ3n) is 3.29. The number of urea groups is 1. The van der Waals surface area contributed by atoms with Crippen LogP contribution < -0.4 is 15.4 Å². The summed E-state index contributed by atoms with van der Waals surface area (Å²) in [6.07, 6.45) is -1.32. The number of nitrogens with one attached hydrogen (secondary N) is 2. The number of ether oxygens (including phenoxy) is 2. The van der Waals surface area contributed by atoms with Crippen LogP contribution in [0.4, 0.5) is 4.79 Å². The molecule has 0 saturated carbocycles. The van der Waals surface area contributed by atoms with Crippen LogP contribution in [0, 0.1) is 0 Å². The first-order valence-electron chi connectivity index (χ1n) is 7.75. The van der Waals surface area contributed by atoms with E-state index in [1.807, 2.05) is 0 Å². The van der Waals surface area contributed by atoms with Crippen molar-refractivity contribution in [2.45, 2.75) is 6.10 Å². The summed E-state index contributed by atoms with van der Waals surface area (Å²) in [5.41, 5.74) is 0.400. The molecule has 3 amide bonds. The fourth-order valence-electron chi connectivity index (χ4n) is 2.04. The van der Waals surface area contributed by atoms with Crippen LogP contribution in [0.1, 0.15) is 11.7 Å². The van der Waals surface area contributed by atoms with E-state index in [4.69, 9.17) is 32.7 Å². The van der Waals surface area contributed by atoms with Gasteiger partial charge in [0.15, 0.2) is 6.61 Å². The van der Waals surface area contributed by atoms with Crippen molar-refractivity contribution in [3.05, 3.63) is 64.1 Å². The first-order valence-corrected chi connectivity index (χ1v) is 8.51. The lowest BCUT2D eigenvalue weighted by Crippen LogP contribution is -2.41. The van der Waals surface area contributed by atoms with E-state index in [1.54, 1.807) is 36.4 Å². The maximum atomic E-state index is 12.3. The van der Waals surface area contributed by atoms with E-state index in [-0.39, 0.29) is 10.8 Å². The molecule has 2 rings (SSSR count). The third-order valence-corrected chi connectivity index (χ3v) is 3.82. The van der Waals surface area contributed by atoms with Gasteiger partial charge in [-0.05, 0) is 18.2 Å². The predicted molar refractivity (Wildman–Crippen MR) is 99.8 cm³/mol. The average molecular weight is 411 g/mol. The maximum absolute atomic E-state index is 12.3. The van der Waals surface area contributed by atoms with Gasteiger partial charge in [-0.15, -0.1) is 0 Å². The molecule has 0 aromatic heterocycles. The summed E-state index contributed by atoms with van der Waals surface area (Å²) in [4.78, 5) is 35.8. The molecule has 0 unspecified atom stereocenters. The summed E-state index contributed by atoms with van der Waals surface area (Å²) >= 11 is 11.8. The number of esters is 1. The molecule has 27 heavy (non-hydrogen) atoms. The van der Waals surface area contributed by atoms with Gasteiger partial charge in [-0.1, -0.05) is 53.5 Å². The maximum Gasteiger partial charge on any atom is 0.345 e. The van der Waals surface area contributed by atoms with Crippen LogP contribution in [-0.2, 0) is 14.3 Å². The topological polar surface area (TPSA) is 93.7 Å². The summed E-state index contributed by atoms with van der Waals surface area (Å²) in [5.74, 6) is -1.37. The van der Waals surface area contributed by atoms with Gasteiger partial charge in [0.2, 0.25) is 6.10 Å². The Kier molecular flexibility index (Phi) is 7.45. The van der Waals surface area contributed by atoms with Gasteiger partial charge in [0, 0.05) is 17.6 Å². The van der Waals surface area contributed by atoms with Crippen LogP contribution in [-0.4, -0.2) is 31.6 Å². The summed E-state index contributed by atoms with van der Waals surface area (Å²) in [6.45, 7) is -0.488. The molecule has 2 N–H and O–H groups in total. The van der Waals surface area contributed by atoms with Gasteiger partial charge in [0.1, 0.15) is 5.75 Å². The van der Waals surface area contributed by atoms with Crippen molar-refractivity contribution in [3.63, 3.8) is 0 Å². The van der Waals surface area contributed by atoms with Crippen LogP contribution in [0.25, 0.3) is 0 Å². The Labute approximate surface area is 165 Å². The monoisotopic (exact) mass is 410 g/mol. The van der Waals surface area contributed by atoms with Crippen molar-refractivity contribution in [3.8, 4) is 5.75 Å². The second-order valence-electron chi connectivity index (χ2n) is 5.21. The quantitative estimate of drug-likeness (QED) is 0.713. The Bertz CT molecular complexity index is 830. The van der Waals surface area contributed by atoms with Gasteiger partial charge >= 0.3 is 12.0 Å². The van der Waals surface area contributed by atoms with Gasteiger partial charge < -0.3 is 14.8 Å². The van der Waals surface area contributed by atoms with Crippen molar-refractivity contribution in [1.29, 1.82) is 0 Å². The normalized spacial score (nSPS) is 11.2. The van der Waals surface area contributed by atoms with Crippen molar-refractivity contribution < 1.29 is 23.9 Å². The van der Waals surface area contributed by atoms with E-state index >= 15 is 0 Å². The van der Waals surface area contributed by atoms with Crippen molar-refractivity contribution >= 4 is 41.1 Å². The minimum absolute atomic E-state index is 0.229. The molecule has 0 radical (unpaired) electrons. The minimum Gasteiger partial charge on any atom is -0.480 e. The van der Waals surface area contributed by atoms with Crippen molar-refractivity contribution in [2.24, 2.45) is 0 Å². The standard InChI is InChI=1S/C18H16Cl2N2O5/c1-21-18(25)22-17(24)16(11-5-3-2-4-6-11)27-15(23)10-26-14-8-7-12(19)9-13(14)20/h2-9,16H,10H2,1H3,(H2,21,22,24,25)/t16-/m0/s1. The van der Waals surface area contributed by atoms with Crippen molar-refractivity contribution in [1.82, 2.24) is 10.6 Å². The number of rotatable bonds is 6. The lowest BCUT2D eigenvalue weighted by molar-refractivity contribution is -0.158. The molecule has 0 fully saturated rings. The molecular weight excluding hydrogens is 395 g/mol. The van der Waals surface area contributed by atoms with Crippen LogP contribution >= 0.6 is 23.2 Å². The molecule has 0 spiro atoms. The van der Waals surface area contributed by atoms with E-state index in [1.165, 1.54) is 19.2 Å². The highest BCUT2D eigenvalue weighted by Gasteiger charge is 2.26. The molecule has 7 nitrogen and oxygen atoms in total. The number of halogens is 2. The molecule has 1 atom stereocenters. The Morgan fingerprint density at radius 1 is 1.07 bits per heavy atom. The Balaban J connectivity index is 2.06. The van der Waals surface area contributed by atoms with Crippen LogP contribution in [0.5, 0.6) is 5.75 Å². The van der Waals surface area contributed by atoms with Crippen LogP contribution in [0.3, 0.4) is 0 Å². The SMILES string of the molecule is CNC(=O)NC(=O)[C@@H](OC(=O)COc1ccc(Cl)cc1Cl)c1ccccc1. The zero-order valence-corrected chi connectivity index (χ0v) is 15.7. The molecule has 0 saturated heterocycles.